The number of hydrogen-bond acceptors (Lipinski definition) is 11. The number of carbonyl (C=O) groups is 5. The molecule has 55 heavy (non-hydrogen) atoms. The number of ether oxygens (including phenoxy) is 1. The molecule has 2 aliphatic heterocycles. The second-order valence-electron chi connectivity index (χ2n) is 13.9. The Morgan fingerprint density at radius 3 is 2.45 bits per heavy atom. The van der Waals surface area contributed by atoms with Crippen LogP contribution in [-0.4, -0.2) is 97.3 Å². The van der Waals surface area contributed by atoms with Gasteiger partial charge in [0.05, 0.1) is 5.56 Å². The van der Waals surface area contributed by atoms with E-state index in [1.165, 1.54) is 11.0 Å². The Labute approximate surface area is 317 Å². The van der Waals surface area contributed by atoms with Crippen molar-refractivity contribution in [3.63, 3.8) is 0 Å². The highest BCUT2D eigenvalue weighted by atomic mass is 16.5. The van der Waals surface area contributed by atoms with Crippen molar-refractivity contribution in [2.75, 3.05) is 32.1 Å². The maximum Gasteiger partial charge on any atom is 0.411 e. The highest BCUT2D eigenvalue weighted by Gasteiger charge is 2.40. The summed E-state index contributed by atoms with van der Waals surface area (Å²) in [4.78, 5) is 66.5. The third-order valence-corrected chi connectivity index (χ3v) is 10.0. The van der Waals surface area contributed by atoms with Crippen LogP contribution >= 0.6 is 0 Å². The van der Waals surface area contributed by atoms with Crippen LogP contribution in [0.5, 0.6) is 11.5 Å². The quantitative estimate of drug-likeness (QED) is 0.130. The Hall–Kier alpha value is -6.29. The Morgan fingerprint density at radius 1 is 1.02 bits per heavy atom. The summed E-state index contributed by atoms with van der Waals surface area (Å²) in [6, 6.07) is 14.4. The molecule has 0 spiro atoms. The van der Waals surface area contributed by atoms with Crippen molar-refractivity contribution in [1.82, 2.24) is 35.2 Å². The van der Waals surface area contributed by atoms with Gasteiger partial charge in [0.1, 0.15) is 24.1 Å². The Kier molecular flexibility index (Phi) is 11.2. The van der Waals surface area contributed by atoms with E-state index in [2.05, 4.69) is 26.1 Å². The summed E-state index contributed by atoms with van der Waals surface area (Å²) >= 11 is 0. The maximum absolute atomic E-state index is 13.1. The van der Waals surface area contributed by atoms with Crippen molar-refractivity contribution in [2.24, 2.45) is 0 Å². The van der Waals surface area contributed by atoms with E-state index in [1.54, 1.807) is 35.8 Å². The molecule has 3 aromatic carbocycles. The van der Waals surface area contributed by atoms with Crippen molar-refractivity contribution in [1.29, 1.82) is 0 Å². The van der Waals surface area contributed by atoms with Gasteiger partial charge in [0, 0.05) is 60.7 Å². The molecule has 16 nitrogen and oxygen atoms in total. The molecule has 4 aromatic rings. The van der Waals surface area contributed by atoms with Crippen LogP contribution in [0.25, 0.3) is 17.1 Å². The van der Waals surface area contributed by atoms with Crippen molar-refractivity contribution >= 4 is 35.4 Å². The predicted octanol–water partition coefficient (Wildman–Crippen LogP) is 4.22. The molecular weight excluding hydrogens is 708 g/mol. The second-order valence-corrected chi connectivity index (χ2v) is 13.9. The molecule has 6 rings (SSSR count). The van der Waals surface area contributed by atoms with Gasteiger partial charge in [0.2, 0.25) is 17.6 Å². The van der Waals surface area contributed by atoms with Gasteiger partial charge in [-0.2, -0.15) is 0 Å². The van der Waals surface area contributed by atoms with E-state index in [4.69, 9.17) is 4.74 Å². The molecule has 0 aliphatic carbocycles. The fourth-order valence-electron chi connectivity index (χ4n) is 6.81. The van der Waals surface area contributed by atoms with Crippen LogP contribution in [-0.2, 0) is 20.9 Å². The van der Waals surface area contributed by atoms with E-state index in [0.717, 1.165) is 5.56 Å². The number of phenols is 2. The molecule has 5 N–H and O–H groups in total. The lowest BCUT2D eigenvalue weighted by molar-refractivity contribution is -0.136. The van der Waals surface area contributed by atoms with Crippen LogP contribution in [0.2, 0.25) is 0 Å². The summed E-state index contributed by atoms with van der Waals surface area (Å²) in [5.74, 6) is -1.70. The number of rotatable bonds is 12. The van der Waals surface area contributed by atoms with Gasteiger partial charge in [-0.25, -0.2) is 4.79 Å². The van der Waals surface area contributed by atoms with E-state index in [-0.39, 0.29) is 72.9 Å². The number of benzene rings is 3. The molecular formula is C39H44N8O8. The van der Waals surface area contributed by atoms with Crippen molar-refractivity contribution in [3.05, 3.63) is 82.7 Å². The van der Waals surface area contributed by atoms with Gasteiger partial charge in [-0.15, -0.1) is 10.2 Å². The first kappa shape index (κ1) is 38.4. The van der Waals surface area contributed by atoms with E-state index >= 15 is 0 Å². The van der Waals surface area contributed by atoms with Crippen LogP contribution in [0.1, 0.15) is 90.2 Å². The Morgan fingerprint density at radius 2 is 1.76 bits per heavy atom. The lowest BCUT2D eigenvalue weighted by atomic mass is 9.98. The monoisotopic (exact) mass is 752 g/mol. The van der Waals surface area contributed by atoms with Crippen molar-refractivity contribution in [2.45, 2.75) is 65.1 Å². The summed E-state index contributed by atoms with van der Waals surface area (Å²) < 4.78 is 7.06. The molecule has 2 unspecified atom stereocenters. The molecule has 1 fully saturated rings. The zero-order chi connectivity index (χ0) is 39.6. The number of carbonyl (C=O) groups excluding carboxylic acids is 5. The van der Waals surface area contributed by atoms with Gasteiger partial charge < -0.3 is 25.2 Å². The first-order valence-corrected chi connectivity index (χ1v) is 18.1. The minimum Gasteiger partial charge on any atom is -0.508 e. The van der Waals surface area contributed by atoms with Crippen LogP contribution in [0.15, 0.2) is 54.6 Å². The standard InChI is InChI=1S/C39H44N8O8/c1-6-40-37(52)35-44-43-34(27-18-26(21(2)3)31(48)19-32(27)49)47(35)24-12-10-23(11-13-24)22(4)45(5)16-17-55-39(54)41-29-9-7-8-25-28(29)20-46(38(25)53)30-14-15-33(50)42-36(30)51/h7-13,18-19,21-22,30,48-49H,6,14-17,20H2,1-5H3,(H,40,52)(H,41,54)(H,42,50,51). The molecule has 16 heteroatoms. The Bertz CT molecular complexity index is 2150. The van der Waals surface area contributed by atoms with Gasteiger partial charge in [0.25, 0.3) is 11.8 Å². The largest absolute Gasteiger partial charge is 0.508 e. The van der Waals surface area contributed by atoms with Gasteiger partial charge in [-0.3, -0.25) is 39.3 Å². The summed E-state index contributed by atoms with van der Waals surface area (Å²) in [7, 11) is 1.89. The summed E-state index contributed by atoms with van der Waals surface area (Å²) in [5.41, 5.74) is 3.78. The zero-order valence-electron chi connectivity index (χ0n) is 31.3. The first-order chi connectivity index (χ1) is 26.3. The third kappa shape index (κ3) is 7.85. The molecule has 0 bridgehead atoms. The summed E-state index contributed by atoms with van der Waals surface area (Å²) in [6.45, 7) is 8.56. The maximum atomic E-state index is 13.1. The number of aromatic hydroxyl groups is 2. The molecule has 1 aromatic heterocycles. The normalized spacial score (nSPS) is 15.9. The van der Waals surface area contributed by atoms with Gasteiger partial charge in [0.15, 0.2) is 5.82 Å². The number of anilines is 1. The number of amides is 5. The molecule has 2 atom stereocenters. The van der Waals surface area contributed by atoms with E-state index in [9.17, 15) is 34.2 Å². The van der Waals surface area contributed by atoms with Crippen LogP contribution in [0.4, 0.5) is 10.5 Å². The molecule has 5 amide bonds. The van der Waals surface area contributed by atoms with Gasteiger partial charge >= 0.3 is 6.09 Å². The van der Waals surface area contributed by atoms with Crippen LogP contribution in [0.3, 0.4) is 0 Å². The summed E-state index contributed by atoms with van der Waals surface area (Å²) in [5, 5.41) is 37.5. The van der Waals surface area contributed by atoms with Crippen molar-refractivity contribution < 1.29 is 38.9 Å². The number of phenolic OH excluding ortho intramolecular Hbond substituents is 2. The highest BCUT2D eigenvalue weighted by Crippen LogP contribution is 2.38. The lowest BCUT2D eigenvalue weighted by Gasteiger charge is -2.29. The lowest BCUT2D eigenvalue weighted by Crippen LogP contribution is -2.52. The number of hydrogen-bond donors (Lipinski definition) is 5. The fourth-order valence-corrected chi connectivity index (χ4v) is 6.81. The fraction of sp³-hybridized carbons (Fsp3) is 0.359. The van der Waals surface area contributed by atoms with E-state index in [0.29, 0.717) is 46.7 Å². The zero-order valence-corrected chi connectivity index (χ0v) is 31.3. The topological polar surface area (TPSA) is 208 Å². The number of fused-ring (bicyclic) bond motifs is 1. The van der Waals surface area contributed by atoms with Crippen molar-refractivity contribution in [3.8, 4) is 28.6 Å². The number of nitrogens with zero attached hydrogens (tertiary/aromatic N) is 5. The SMILES string of the molecule is CCNC(=O)c1nnc(-c2cc(C(C)C)c(O)cc2O)n1-c1ccc(C(C)N(C)CCOC(=O)Nc2cccc3c2CN(C2CCC(=O)NC2=O)C3=O)cc1. The minimum atomic E-state index is -0.769. The van der Waals surface area contributed by atoms with Crippen LogP contribution in [0, 0.1) is 0 Å². The highest BCUT2D eigenvalue weighted by molar-refractivity contribution is 6.06. The van der Waals surface area contributed by atoms with Gasteiger partial charge in [-0.1, -0.05) is 32.0 Å². The molecule has 0 radical (unpaired) electrons. The number of nitrogens with one attached hydrogen (secondary N) is 3. The first-order valence-electron chi connectivity index (χ1n) is 18.1. The van der Waals surface area contributed by atoms with Crippen LogP contribution < -0.4 is 16.0 Å². The number of likely N-dealkylation sites (N-methyl/N-ethyl adjacent to an activating group) is 1. The molecule has 288 valence electrons. The predicted molar refractivity (Wildman–Crippen MR) is 201 cm³/mol. The van der Waals surface area contributed by atoms with Gasteiger partial charge in [-0.05, 0) is 74.7 Å². The summed E-state index contributed by atoms with van der Waals surface area (Å²) in [6.07, 6.45) is -0.318. The number of aromatic nitrogens is 3. The molecule has 3 heterocycles. The minimum absolute atomic E-state index is 0.0301. The smallest absolute Gasteiger partial charge is 0.411 e. The number of piperidine rings is 1. The third-order valence-electron chi connectivity index (χ3n) is 10.0. The average molecular weight is 753 g/mol. The number of imide groups is 1. The van der Waals surface area contributed by atoms with E-state index in [1.807, 2.05) is 57.0 Å². The Balaban J connectivity index is 1.10. The average Bonchev–Trinajstić information content (AvgIpc) is 3.73. The van der Waals surface area contributed by atoms with E-state index < -0.39 is 23.9 Å². The second kappa shape index (κ2) is 16.0. The molecule has 1 saturated heterocycles. The molecule has 2 aliphatic rings. The molecule has 0 saturated carbocycles.